The lowest BCUT2D eigenvalue weighted by molar-refractivity contribution is -0.128. The van der Waals surface area contributed by atoms with E-state index >= 15 is 0 Å². The van der Waals surface area contributed by atoms with Crippen molar-refractivity contribution in [1.82, 2.24) is 16.0 Å². The van der Waals surface area contributed by atoms with Gasteiger partial charge in [0.15, 0.2) is 0 Å². The topological polar surface area (TPSA) is 96.2 Å². The molecular weight excluding hydrogens is 340 g/mol. The van der Waals surface area contributed by atoms with Crippen LogP contribution in [0.5, 0.6) is 0 Å². The van der Waals surface area contributed by atoms with Gasteiger partial charge in [-0.1, -0.05) is 38.6 Å². The molecule has 5 N–H and O–H groups in total. The third-order valence-corrected chi connectivity index (χ3v) is 5.01. The van der Waals surface area contributed by atoms with E-state index in [9.17, 15) is 9.59 Å². The molecule has 0 radical (unpaired) electrons. The minimum absolute atomic E-state index is 0.107. The molecule has 2 amide bonds. The van der Waals surface area contributed by atoms with Gasteiger partial charge in [-0.2, -0.15) is 0 Å². The number of nitrogens with two attached hydrogens (primary N) is 1. The lowest BCUT2D eigenvalue weighted by Gasteiger charge is -2.31. The number of nitrogen functional groups attached to an aromatic ring is 1. The van der Waals surface area contributed by atoms with E-state index in [1.807, 2.05) is 12.1 Å². The smallest absolute Gasteiger partial charge is 0.252 e. The molecule has 1 saturated heterocycles. The van der Waals surface area contributed by atoms with Crippen molar-refractivity contribution < 1.29 is 9.59 Å². The molecule has 1 heterocycles. The summed E-state index contributed by atoms with van der Waals surface area (Å²) in [5.74, 6) is 0.147. The molecule has 1 atom stereocenters. The Kier molecular flexibility index (Phi) is 7.85. The van der Waals surface area contributed by atoms with Crippen molar-refractivity contribution in [2.45, 2.75) is 39.2 Å². The van der Waals surface area contributed by atoms with Crippen LogP contribution < -0.4 is 21.7 Å². The predicted octanol–water partition coefficient (Wildman–Crippen LogP) is 1.93. The van der Waals surface area contributed by atoms with Gasteiger partial charge >= 0.3 is 0 Å². The summed E-state index contributed by atoms with van der Waals surface area (Å²) < 4.78 is 0. The van der Waals surface area contributed by atoms with Crippen LogP contribution in [-0.2, 0) is 9.59 Å². The van der Waals surface area contributed by atoms with Crippen molar-refractivity contribution in [2.24, 2.45) is 11.8 Å². The summed E-state index contributed by atoms with van der Waals surface area (Å²) >= 11 is 0. The lowest BCUT2D eigenvalue weighted by atomic mass is 9.89. The van der Waals surface area contributed by atoms with Crippen LogP contribution in [0.15, 0.2) is 30.8 Å². The highest BCUT2D eigenvalue weighted by Crippen LogP contribution is 2.22. The van der Waals surface area contributed by atoms with E-state index in [0.29, 0.717) is 23.7 Å². The van der Waals surface area contributed by atoms with Crippen LogP contribution >= 0.6 is 0 Å². The Morgan fingerprint density at radius 2 is 1.93 bits per heavy atom. The second kappa shape index (κ2) is 10.1. The number of para-hydroxylation sites is 1. The zero-order valence-electron chi connectivity index (χ0n) is 16.4. The summed E-state index contributed by atoms with van der Waals surface area (Å²) in [6, 6.07) is 6.56. The second-order valence-corrected chi connectivity index (χ2v) is 7.58. The molecule has 1 fully saturated rings. The molecule has 0 spiro atoms. The van der Waals surface area contributed by atoms with Crippen molar-refractivity contribution in [1.29, 1.82) is 0 Å². The summed E-state index contributed by atoms with van der Waals surface area (Å²) in [6.07, 6.45) is 2.61. The van der Waals surface area contributed by atoms with Gasteiger partial charge in [0, 0.05) is 23.4 Å². The molecule has 0 aromatic heterocycles. The normalized spacial score (nSPS) is 16.0. The van der Waals surface area contributed by atoms with Gasteiger partial charge < -0.3 is 21.7 Å². The number of anilines is 1. The van der Waals surface area contributed by atoms with Crippen molar-refractivity contribution in [3.63, 3.8) is 0 Å². The first kappa shape index (κ1) is 21.0. The Balaban J connectivity index is 2.08. The molecule has 1 aromatic rings. The van der Waals surface area contributed by atoms with Gasteiger partial charge in [0.2, 0.25) is 5.91 Å². The molecule has 2 rings (SSSR count). The first-order chi connectivity index (χ1) is 12.9. The predicted molar refractivity (Wildman–Crippen MR) is 110 cm³/mol. The summed E-state index contributed by atoms with van der Waals surface area (Å²) in [6.45, 7) is 10.4. The van der Waals surface area contributed by atoms with Crippen LogP contribution in [0, 0.1) is 11.8 Å². The molecule has 1 aliphatic rings. The maximum absolute atomic E-state index is 12.8. The van der Waals surface area contributed by atoms with Crippen LogP contribution in [0.4, 0.5) is 5.69 Å². The number of amides is 2. The van der Waals surface area contributed by atoms with Gasteiger partial charge in [0.05, 0.1) is 0 Å². The standard InChI is InChI=1S/C21H32N4O2/c1-14(2)8-13-24-21(27)19(16-9-11-23-12-10-16)25-20(26)15(3)17-6-4-5-7-18(17)22/h4-7,14,16,19,23H,3,8-13,22H2,1-2H3,(H,24,27)(H,25,26). The number of carbonyl (C=O) groups is 2. The molecule has 6 nitrogen and oxygen atoms in total. The van der Waals surface area contributed by atoms with Gasteiger partial charge in [-0.15, -0.1) is 0 Å². The number of nitrogens with one attached hydrogen (secondary N) is 3. The van der Waals surface area contributed by atoms with Crippen molar-refractivity contribution in [2.75, 3.05) is 25.4 Å². The Morgan fingerprint density at radius 3 is 2.56 bits per heavy atom. The highest BCUT2D eigenvalue weighted by molar-refractivity contribution is 6.20. The average molecular weight is 373 g/mol. The monoisotopic (exact) mass is 372 g/mol. The van der Waals surface area contributed by atoms with Gasteiger partial charge in [-0.3, -0.25) is 9.59 Å². The zero-order valence-corrected chi connectivity index (χ0v) is 16.4. The van der Waals surface area contributed by atoms with E-state index < -0.39 is 6.04 Å². The Bertz CT molecular complexity index is 666. The largest absolute Gasteiger partial charge is 0.398 e. The number of piperidine rings is 1. The van der Waals surface area contributed by atoms with Crippen molar-refractivity contribution in [3.8, 4) is 0 Å². The Morgan fingerprint density at radius 1 is 1.26 bits per heavy atom. The third-order valence-electron chi connectivity index (χ3n) is 5.01. The number of hydrogen-bond acceptors (Lipinski definition) is 4. The van der Waals surface area contributed by atoms with Crippen LogP contribution in [0.3, 0.4) is 0 Å². The average Bonchev–Trinajstić information content (AvgIpc) is 2.66. The first-order valence-corrected chi connectivity index (χ1v) is 9.73. The van der Waals surface area contributed by atoms with Gasteiger partial charge in [-0.25, -0.2) is 0 Å². The van der Waals surface area contributed by atoms with E-state index in [0.717, 1.165) is 32.4 Å². The lowest BCUT2D eigenvalue weighted by Crippen LogP contribution is -2.53. The van der Waals surface area contributed by atoms with E-state index in [1.54, 1.807) is 12.1 Å². The number of benzene rings is 1. The molecule has 1 aromatic carbocycles. The van der Waals surface area contributed by atoms with E-state index in [1.165, 1.54) is 0 Å². The van der Waals surface area contributed by atoms with Gasteiger partial charge in [0.25, 0.3) is 5.91 Å². The third kappa shape index (κ3) is 6.10. The first-order valence-electron chi connectivity index (χ1n) is 9.73. The molecule has 6 heteroatoms. The number of hydrogen-bond donors (Lipinski definition) is 4. The summed E-state index contributed by atoms with van der Waals surface area (Å²) in [5.41, 5.74) is 7.33. The highest BCUT2D eigenvalue weighted by Gasteiger charge is 2.31. The maximum atomic E-state index is 12.8. The second-order valence-electron chi connectivity index (χ2n) is 7.58. The molecule has 148 valence electrons. The molecule has 0 aliphatic carbocycles. The minimum atomic E-state index is -0.562. The fraction of sp³-hybridized carbons (Fsp3) is 0.524. The van der Waals surface area contributed by atoms with Crippen LogP contribution in [0.2, 0.25) is 0 Å². The summed E-state index contributed by atoms with van der Waals surface area (Å²) in [7, 11) is 0. The van der Waals surface area contributed by atoms with Gasteiger partial charge in [-0.05, 0) is 50.3 Å². The van der Waals surface area contributed by atoms with E-state index in [-0.39, 0.29) is 23.3 Å². The van der Waals surface area contributed by atoms with Crippen LogP contribution in [0.1, 0.15) is 38.7 Å². The van der Waals surface area contributed by atoms with Gasteiger partial charge in [0.1, 0.15) is 6.04 Å². The van der Waals surface area contributed by atoms with Crippen molar-refractivity contribution in [3.05, 3.63) is 36.4 Å². The highest BCUT2D eigenvalue weighted by atomic mass is 16.2. The quantitative estimate of drug-likeness (QED) is 0.414. The summed E-state index contributed by atoms with van der Waals surface area (Å²) in [4.78, 5) is 25.6. The van der Waals surface area contributed by atoms with Crippen molar-refractivity contribution >= 4 is 23.1 Å². The molecule has 0 bridgehead atoms. The summed E-state index contributed by atoms with van der Waals surface area (Å²) in [5, 5.41) is 9.19. The van der Waals surface area contributed by atoms with Crippen LogP contribution in [0.25, 0.3) is 5.57 Å². The van der Waals surface area contributed by atoms with Crippen LogP contribution in [-0.4, -0.2) is 37.5 Å². The zero-order chi connectivity index (χ0) is 19.8. The van der Waals surface area contributed by atoms with E-state index in [2.05, 4.69) is 36.4 Å². The molecule has 0 saturated carbocycles. The fourth-order valence-electron chi connectivity index (χ4n) is 3.29. The maximum Gasteiger partial charge on any atom is 0.252 e. The van der Waals surface area contributed by atoms with E-state index in [4.69, 9.17) is 5.73 Å². The molecule has 1 unspecified atom stereocenters. The number of carbonyl (C=O) groups excluding carboxylic acids is 2. The Hall–Kier alpha value is -2.34. The fourth-order valence-corrected chi connectivity index (χ4v) is 3.29. The molecular formula is C21H32N4O2. The molecule has 1 aliphatic heterocycles. The number of rotatable bonds is 8. The minimum Gasteiger partial charge on any atom is -0.398 e. The SMILES string of the molecule is C=C(C(=O)NC(C(=O)NCCC(C)C)C1CCNCC1)c1ccccc1N. The Labute approximate surface area is 162 Å². The molecule has 27 heavy (non-hydrogen) atoms.